The van der Waals surface area contributed by atoms with E-state index in [1.165, 1.54) is 0 Å². The van der Waals surface area contributed by atoms with E-state index in [-0.39, 0.29) is 12.2 Å². The monoisotopic (exact) mass is 391 g/mol. The van der Waals surface area contributed by atoms with E-state index < -0.39 is 23.6 Å². The molecule has 1 heterocycles. The molecule has 0 aliphatic heterocycles. The summed E-state index contributed by atoms with van der Waals surface area (Å²) in [5, 5.41) is 2.58. The molecule has 2 aromatic carbocycles. The fourth-order valence-electron chi connectivity index (χ4n) is 3.06. The Bertz CT molecular complexity index is 1060. The molecule has 7 heteroatoms. The molecule has 2 amide bonds. The van der Waals surface area contributed by atoms with Crippen LogP contribution in [0.4, 0.5) is 0 Å². The Balaban J connectivity index is 1.91. The molecule has 148 valence electrons. The number of Topliss-reactive ketones (excluding diaryl/α,β-unsaturated/α-hetero) is 1. The lowest BCUT2D eigenvalue weighted by Gasteiger charge is -2.16. The van der Waals surface area contributed by atoms with Crippen LogP contribution in [0, 0.1) is 13.8 Å². The lowest BCUT2D eigenvalue weighted by Crippen LogP contribution is -2.47. The predicted octanol–water partition coefficient (Wildman–Crippen LogP) is 2.35. The smallest absolute Gasteiger partial charge is 0.290 e. The van der Waals surface area contributed by atoms with Crippen molar-refractivity contribution < 1.29 is 18.8 Å². The first-order valence-electron chi connectivity index (χ1n) is 9.08. The lowest BCUT2D eigenvalue weighted by molar-refractivity contribution is -0.137. The zero-order valence-electron chi connectivity index (χ0n) is 16.1. The predicted molar refractivity (Wildman–Crippen MR) is 107 cm³/mol. The molecule has 0 aliphatic carbocycles. The number of rotatable bonds is 7. The lowest BCUT2D eigenvalue weighted by atomic mass is 10.0. The molecule has 1 aromatic heterocycles. The van der Waals surface area contributed by atoms with Gasteiger partial charge in [-0.3, -0.25) is 14.4 Å². The Morgan fingerprint density at radius 2 is 1.69 bits per heavy atom. The average molecular weight is 391 g/mol. The van der Waals surface area contributed by atoms with Crippen molar-refractivity contribution in [3.63, 3.8) is 0 Å². The number of primary amides is 1. The van der Waals surface area contributed by atoms with Crippen LogP contribution in [-0.4, -0.2) is 28.6 Å². The van der Waals surface area contributed by atoms with E-state index in [4.69, 9.17) is 10.2 Å². The minimum atomic E-state index is -1.11. The summed E-state index contributed by atoms with van der Waals surface area (Å²) in [5.41, 5.74) is 8.00. The van der Waals surface area contributed by atoms with Crippen LogP contribution < -0.4 is 11.1 Å². The highest BCUT2D eigenvalue weighted by Crippen LogP contribution is 2.27. The number of ketones is 1. The standard InChI is InChI=1S/C22H21N3O4/c1-13-8-6-7-11-16(13)18-20(29-14(2)24-18)22(28)25-17(19(26)21(23)27)12-15-9-4-3-5-10-15/h3-11,17H,12H2,1-2H3,(H2,23,27)(H,25,28). The van der Waals surface area contributed by atoms with E-state index in [1.807, 2.05) is 37.3 Å². The van der Waals surface area contributed by atoms with Gasteiger partial charge in [-0.05, 0) is 18.1 Å². The number of carbonyl (C=O) groups excluding carboxylic acids is 3. The highest BCUT2D eigenvalue weighted by Gasteiger charge is 2.29. The van der Waals surface area contributed by atoms with Crippen LogP contribution in [0.2, 0.25) is 0 Å². The zero-order valence-corrected chi connectivity index (χ0v) is 16.1. The van der Waals surface area contributed by atoms with Gasteiger partial charge < -0.3 is 15.5 Å². The second-order valence-electron chi connectivity index (χ2n) is 6.67. The summed E-state index contributed by atoms with van der Waals surface area (Å²) in [6.07, 6.45) is 0.126. The molecule has 3 rings (SSSR count). The number of aromatic nitrogens is 1. The van der Waals surface area contributed by atoms with Gasteiger partial charge in [-0.25, -0.2) is 4.98 Å². The molecular formula is C22H21N3O4. The summed E-state index contributed by atoms with van der Waals surface area (Å²) in [6.45, 7) is 3.53. The van der Waals surface area contributed by atoms with Crippen LogP contribution >= 0.6 is 0 Å². The van der Waals surface area contributed by atoms with E-state index in [0.717, 1.165) is 16.7 Å². The van der Waals surface area contributed by atoms with Crippen LogP contribution in [0.5, 0.6) is 0 Å². The van der Waals surface area contributed by atoms with E-state index in [1.54, 1.807) is 31.2 Å². The van der Waals surface area contributed by atoms with Crippen molar-refractivity contribution in [3.8, 4) is 11.3 Å². The number of nitrogens with one attached hydrogen (secondary N) is 1. The van der Waals surface area contributed by atoms with Crippen LogP contribution in [0.3, 0.4) is 0 Å². The number of hydrogen-bond donors (Lipinski definition) is 2. The van der Waals surface area contributed by atoms with Crippen LogP contribution in [0.15, 0.2) is 59.0 Å². The Morgan fingerprint density at radius 1 is 1.03 bits per heavy atom. The number of benzene rings is 2. The molecule has 0 aliphatic rings. The van der Waals surface area contributed by atoms with Crippen molar-refractivity contribution >= 4 is 17.6 Å². The maximum absolute atomic E-state index is 12.9. The first kappa shape index (κ1) is 20.0. The molecular weight excluding hydrogens is 370 g/mol. The molecule has 0 saturated carbocycles. The SMILES string of the molecule is Cc1nc(-c2ccccc2C)c(C(=O)NC(Cc2ccccc2)C(=O)C(N)=O)o1. The number of oxazole rings is 1. The van der Waals surface area contributed by atoms with Gasteiger partial charge in [0.1, 0.15) is 11.7 Å². The molecule has 3 aromatic rings. The second-order valence-corrected chi connectivity index (χ2v) is 6.67. The molecule has 7 nitrogen and oxygen atoms in total. The topological polar surface area (TPSA) is 115 Å². The van der Waals surface area contributed by atoms with Gasteiger partial charge in [-0.1, -0.05) is 54.6 Å². The fourth-order valence-corrected chi connectivity index (χ4v) is 3.06. The third-order valence-corrected chi connectivity index (χ3v) is 4.49. The zero-order chi connectivity index (χ0) is 21.0. The summed E-state index contributed by atoms with van der Waals surface area (Å²) in [4.78, 5) is 41.0. The third-order valence-electron chi connectivity index (χ3n) is 4.49. The second kappa shape index (κ2) is 8.52. The molecule has 0 bridgehead atoms. The van der Waals surface area contributed by atoms with E-state index in [0.29, 0.717) is 11.6 Å². The van der Waals surface area contributed by atoms with Gasteiger partial charge in [0.25, 0.3) is 11.8 Å². The van der Waals surface area contributed by atoms with Crippen molar-refractivity contribution in [2.45, 2.75) is 26.3 Å². The number of amides is 2. The van der Waals surface area contributed by atoms with Crippen LogP contribution in [0.25, 0.3) is 11.3 Å². The Kier molecular flexibility index (Phi) is 5.87. The summed E-state index contributed by atoms with van der Waals surface area (Å²) in [7, 11) is 0. The van der Waals surface area contributed by atoms with Gasteiger partial charge in [0.05, 0.1) is 0 Å². The Labute approximate surface area is 167 Å². The highest BCUT2D eigenvalue weighted by atomic mass is 16.4. The summed E-state index contributed by atoms with van der Waals surface area (Å²) >= 11 is 0. The maximum atomic E-state index is 12.9. The van der Waals surface area contributed by atoms with E-state index in [2.05, 4.69) is 10.3 Å². The average Bonchev–Trinajstić information content (AvgIpc) is 3.09. The molecule has 0 saturated heterocycles. The van der Waals surface area contributed by atoms with Crippen molar-refractivity contribution in [3.05, 3.63) is 77.4 Å². The Morgan fingerprint density at radius 3 is 2.34 bits per heavy atom. The summed E-state index contributed by atoms with van der Waals surface area (Å²) < 4.78 is 5.53. The number of hydrogen-bond acceptors (Lipinski definition) is 5. The summed E-state index contributed by atoms with van der Waals surface area (Å²) in [5.74, 6) is -2.34. The molecule has 0 radical (unpaired) electrons. The molecule has 1 unspecified atom stereocenters. The van der Waals surface area contributed by atoms with Gasteiger partial charge in [0.2, 0.25) is 11.5 Å². The van der Waals surface area contributed by atoms with Crippen molar-refractivity contribution in [2.75, 3.05) is 0 Å². The first-order valence-corrected chi connectivity index (χ1v) is 9.08. The third kappa shape index (κ3) is 4.57. The van der Waals surface area contributed by atoms with Crippen molar-refractivity contribution in [2.24, 2.45) is 5.73 Å². The largest absolute Gasteiger partial charge is 0.435 e. The number of carbonyl (C=O) groups is 3. The first-order chi connectivity index (χ1) is 13.9. The number of nitrogens with zero attached hydrogens (tertiary/aromatic N) is 1. The van der Waals surface area contributed by atoms with Crippen LogP contribution in [0.1, 0.15) is 27.6 Å². The molecule has 0 fully saturated rings. The van der Waals surface area contributed by atoms with Gasteiger partial charge in [0.15, 0.2) is 5.89 Å². The minimum absolute atomic E-state index is 0.0212. The maximum Gasteiger partial charge on any atom is 0.290 e. The van der Waals surface area contributed by atoms with Crippen molar-refractivity contribution in [1.82, 2.24) is 10.3 Å². The van der Waals surface area contributed by atoms with E-state index >= 15 is 0 Å². The Hall–Kier alpha value is -3.74. The van der Waals surface area contributed by atoms with Gasteiger partial charge >= 0.3 is 0 Å². The molecule has 1 atom stereocenters. The van der Waals surface area contributed by atoms with Gasteiger partial charge in [-0.2, -0.15) is 0 Å². The number of nitrogens with two attached hydrogens (primary N) is 1. The van der Waals surface area contributed by atoms with Crippen LogP contribution in [-0.2, 0) is 16.0 Å². The van der Waals surface area contributed by atoms with Gasteiger partial charge in [-0.15, -0.1) is 0 Å². The minimum Gasteiger partial charge on any atom is -0.435 e. The van der Waals surface area contributed by atoms with Crippen molar-refractivity contribution in [1.29, 1.82) is 0 Å². The highest BCUT2D eigenvalue weighted by molar-refractivity contribution is 6.38. The fraction of sp³-hybridized carbons (Fsp3) is 0.182. The molecule has 29 heavy (non-hydrogen) atoms. The number of aryl methyl sites for hydroxylation is 2. The quantitative estimate of drug-likeness (QED) is 0.600. The van der Waals surface area contributed by atoms with Gasteiger partial charge in [0, 0.05) is 18.9 Å². The molecule has 3 N–H and O–H groups in total. The molecule has 0 spiro atoms. The normalized spacial score (nSPS) is 11.7. The summed E-state index contributed by atoms with van der Waals surface area (Å²) in [6, 6.07) is 15.4. The van der Waals surface area contributed by atoms with E-state index in [9.17, 15) is 14.4 Å².